The lowest BCUT2D eigenvalue weighted by molar-refractivity contribution is 1.18. The topological polar surface area (TPSA) is 14.1 Å². The molecule has 15 heavy (non-hydrogen) atoms. The molecule has 2 aromatic carbocycles. The molecule has 1 radical (unpaired) electrons. The number of hydrogen-bond acceptors (Lipinski definition) is 0. The van der Waals surface area contributed by atoms with Crippen LogP contribution in [0.15, 0.2) is 36.4 Å². The Balaban J connectivity index is 2.33. The Morgan fingerprint density at radius 2 is 1.20 bits per heavy atom. The van der Waals surface area contributed by atoms with Crippen molar-refractivity contribution in [1.29, 1.82) is 0 Å². The van der Waals surface area contributed by atoms with Gasteiger partial charge in [-0.1, -0.05) is 36.4 Å². The standard InChI is InChI=1S/C14H12N/c1-9-5-3-7-11-12-8-4-6-10(2)14(12)15-13(9)11/h3-8H,1-2H3. The lowest BCUT2D eigenvalue weighted by atomic mass is 10.0. The zero-order chi connectivity index (χ0) is 10.4. The van der Waals surface area contributed by atoms with Gasteiger partial charge in [-0.05, 0) is 25.0 Å². The van der Waals surface area contributed by atoms with Crippen LogP contribution in [0.3, 0.4) is 0 Å². The molecule has 0 atom stereocenters. The molecule has 0 N–H and O–H groups in total. The van der Waals surface area contributed by atoms with Crippen molar-refractivity contribution in [3.8, 4) is 11.1 Å². The van der Waals surface area contributed by atoms with Crippen LogP contribution in [0.5, 0.6) is 0 Å². The van der Waals surface area contributed by atoms with Crippen LogP contribution in [-0.4, -0.2) is 0 Å². The first-order valence-corrected chi connectivity index (χ1v) is 5.19. The summed E-state index contributed by atoms with van der Waals surface area (Å²) < 4.78 is 0. The normalized spacial score (nSPS) is 11.9. The van der Waals surface area contributed by atoms with E-state index in [0.717, 1.165) is 11.4 Å². The van der Waals surface area contributed by atoms with Crippen molar-refractivity contribution in [3.05, 3.63) is 47.5 Å². The molecule has 0 spiro atoms. The Hall–Kier alpha value is -1.76. The third kappa shape index (κ3) is 1.09. The van der Waals surface area contributed by atoms with Crippen molar-refractivity contribution in [2.24, 2.45) is 0 Å². The maximum Gasteiger partial charge on any atom is 0.0745 e. The van der Waals surface area contributed by atoms with Crippen molar-refractivity contribution >= 4 is 11.4 Å². The SMILES string of the molecule is Cc1cccc2c1[N]c1c(C)cccc1-2. The molecule has 73 valence electrons. The van der Waals surface area contributed by atoms with Crippen LogP contribution < -0.4 is 5.32 Å². The van der Waals surface area contributed by atoms with Crippen LogP contribution in [0.1, 0.15) is 11.1 Å². The number of benzene rings is 2. The van der Waals surface area contributed by atoms with Gasteiger partial charge in [0.15, 0.2) is 0 Å². The molecular weight excluding hydrogens is 182 g/mol. The molecule has 1 nitrogen and oxygen atoms in total. The summed E-state index contributed by atoms with van der Waals surface area (Å²) in [5.74, 6) is 0. The maximum absolute atomic E-state index is 4.71. The molecule has 0 saturated heterocycles. The summed E-state index contributed by atoms with van der Waals surface area (Å²) in [6.07, 6.45) is 0. The highest BCUT2D eigenvalue weighted by Crippen LogP contribution is 2.45. The first-order valence-electron chi connectivity index (χ1n) is 5.19. The van der Waals surface area contributed by atoms with Crippen molar-refractivity contribution in [1.82, 2.24) is 5.32 Å². The molecule has 1 heterocycles. The summed E-state index contributed by atoms with van der Waals surface area (Å²) in [5.41, 5.74) is 7.33. The second kappa shape index (κ2) is 2.86. The van der Waals surface area contributed by atoms with Crippen molar-refractivity contribution < 1.29 is 0 Å². The van der Waals surface area contributed by atoms with Gasteiger partial charge < -0.3 is 0 Å². The van der Waals surface area contributed by atoms with Gasteiger partial charge in [-0.25, -0.2) is 5.32 Å². The van der Waals surface area contributed by atoms with Crippen LogP contribution in [-0.2, 0) is 0 Å². The summed E-state index contributed by atoms with van der Waals surface area (Å²) in [7, 11) is 0. The van der Waals surface area contributed by atoms with Crippen molar-refractivity contribution in [2.45, 2.75) is 13.8 Å². The Morgan fingerprint density at radius 3 is 1.67 bits per heavy atom. The van der Waals surface area contributed by atoms with E-state index in [2.05, 4.69) is 50.2 Å². The Morgan fingerprint density at radius 1 is 0.733 bits per heavy atom. The zero-order valence-corrected chi connectivity index (χ0v) is 8.91. The van der Waals surface area contributed by atoms with Crippen LogP contribution >= 0.6 is 0 Å². The highest BCUT2D eigenvalue weighted by atomic mass is 14.9. The van der Waals surface area contributed by atoms with Crippen LogP contribution in [0, 0.1) is 13.8 Å². The molecule has 0 saturated carbocycles. The molecule has 0 amide bonds. The molecule has 0 aliphatic carbocycles. The number of para-hydroxylation sites is 2. The highest BCUT2D eigenvalue weighted by Gasteiger charge is 2.21. The van der Waals surface area contributed by atoms with Crippen molar-refractivity contribution in [2.75, 3.05) is 0 Å². The van der Waals surface area contributed by atoms with E-state index in [1.165, 1.54) is 22.3 Å². The lowest BCUT2D eigenvalue weighted by Crippen LogP contribution is -1.87. The first kappa shape index (κ1) is 8.54. The molecule has 0 unspecified atom stereocenters. The van der Waals surface area contributed by atoms with E-state index in [-0.39, 0.29) is 0 Å². The van der Waals surface area contributed by atoms with E-state index >= 15 is 0 Å². The Bertz CT molecular complexity index is 492. The lowest BCUT2D eigenvalue weighted by Gasteiger charge is -2.01. The number of nitrogens with zero attached hydrogens (tertiary/aromatic N) is 1. The largest absolute Gasteiger partial charge is 0.247 e. The summed E-state index contributed by atoms with van der Waals surface area (Å²) in [5, 5.41) is 4.71. The third-order valence-electron chi connectivity index (χ3n) is 2.99. The minimum absolute atomic E-state index is 1.14. The monoisotopic (exact) mass is 194 g/mol. The Kier molecular flexibility index (Phi) is 1.63. The zero-order valence-electron chi connectivity index (χ0n) is 8.91. The molecule has 0 fully saturated rings. The van der Waals surface area contributed by atoms with Gasteiger partial charge in [-0.15, -0.1) is 0 Å². The molecule has 1 aliphatic rings. The van der Waals surface area contributed by atoms with E-state index < -0.39 is 0 Å². The van der Waals surface area contributed by atoms with E-state index in [1.54, 1.807) is 0 Å². The van der Waals surface area contributed by atoms with Crippen LogP contribution in [0.4, 0.5) is 11.4 Å². The number of fused-ring (bicyclic) bond motifs is 3. The molecule has 3 rings (SSSR count). The molecule has 1 heteroatoms. The fourth-order valence-corrected chi connectivity index (χ4v) is 2.16. The third-order valence-corrected chi connectivity index (χ3v) is 2.99. The second-order valence-corrected chi connectivity index (χ2v) is 4.05. The molecule has 2 aromatic rings. The second-order valence-electron chi connectivity index (χ2n) is 4.05. The van der Waals surface area contributed by atoms with Gasteiger partial charge in [-0.3, -0.25) is 0 Å². The van der Waals surface area contributed by atoms with Gasteiger partial charge in [0, 0.05) is 11.1 Å². The van der Waals surface area contributed by atoms with Gasteiger partial charge in [0.05, 0.1) is 11.4 Å². The fourth-order valence-electron chi connectivity index (χ4n) is 2.16. The predicted octanol–water partition coefficient (Wildman–Crippen LogP) is 3.85. The maximum atomic E-state index is 4.71. The van der Waals surface area contributed by atoms with E-state index in [4.69, 9.17) is 5.32 Å². The smallest absolute Gasteiger partial charge is 0.0745 e. The minimum Gasteiger partial charge on any atom is -0.247 e. The van der Waals surface area contributed by atoms with Crippen LogP contribution in [0.25, 0.3) is 11.1 Å². The molecule has 0 aromatic heterocycles. The first-order chi connectivity index (χ1) is 7.27. The average molecular weight is 194 g/mol. The van der Waals surface area contributed by atoms with Gasteiger partial charge in [-0.2, -0.15) is 0 Å². The quantitative estimate of drug-likeness (QED) is 0.516. The van der Waals surface area contributed by atoms with Crippen LogP contribution in [0.2, 0.25) is 0 Å². The van der Waals surface area contributed by atoms with E-state index in [1.807, 2.05) is 0 Å². The summed E-state index contributed by atoms with van der Waals surface area (Å²) in [4.78, 5) is 0. The summed E-state index contributed by atoms with van der Waals surface area (Å²) in [6, 6.07) is 12.7. The van der Waals surface area contributed by atoms with Gasteiger partial charge in [0.1, 0.15) is 0 Å². The van der Waals surface area contributed by atoms with Gasteiger partial charge >= 0.3 is 0 Å². The van der Waals surface area contributed by atoms with Gasteiger partial charge in [0.2, 0.25) is 0 Å². The average Bonchev–Trinajstić information content (AvgIpc) is 2.60. The fraction of sp³-hybridized carbons (Fsp3) is 0.143. The van der Waals surface area contributed by atoms with E-state index in [9.17, 15) is 0 Å². The number of hydrogen-bond donors (Lipinski definition) is 0. The number of rotatable bonds is 0. The molecular formula is C14H12N. The minimum atomic E-state index is 1.14. The predicted molar refractivity (Wildman–Crippen MR) is 62.8 cm³/mol. The number of aryl methyl sites for hydroxylation is 2. The Labute approximate surface area is 89.8 Å². The summed E-state index contributed by atoms with van der Waals surface area (Å²) >= 11 is 0. The molecule has 1 aliphatic heterocycles. The van der Waals surface area contributed by atoms with Gasteiger partial charge in [0.25, 0.3) is 0 Å². The highest BCUT2D eigenvalue weighted by molar-refractivity contribution is 5.92. The van der Waals surface area contributed by atoms with E-state index in [0.29, 0.717) is 0 Å². The summed E-state index contributed by atoms with van der Waals surface area (Å²) in [6.45, 7) is 4.23. The molecule has 0 bridgehead atoms. The van der Waals surface area contributed by atoms with Crippen molar-refractivity contribution in [3.63, 3.8) is 0 Å².